The molecule has 112 valence electrons. The summed E-state index contributed by atoms with van der Waals surface area (Å²) < 4.78 is 0. The molecule has 2 amide bonds. The Morgan fingerprint density at radius 3 is 2.48 bits per heavy atom. The standard InChI is InChI=1S/C18H12N2O3/c21-16-12(9-11-3-1-2-4-15(11)19-16)7-10-5-6-13-14(8-10)18(23)20-17(13)22/h1-6,8-9H,7H2,(H,19,21)(H,20,22,23). The summed E-state index contributed by atoms with van der Waals surface area (Å²) in [5.41, 5.74) is 2.82. The third-order valence-corrected chi connectivity index (χ3v) is 4.03. The molecule has 0 radical (unpaired) electrons. The van der Waals surface area contributed by atoms with Crippen LogP contribution in [-0.2, 0) is 6.42 Å². The number of para-hydroxylation sites is 1. The van der Waals surface area contributed by atoms with Gasteiger partial charge in [0.1, 0.15) is 0 Å². The number of imide groups is 1. The molecule has 0 fully saturated rings. The van der Waals surface area contributed by atoms with Gasteiger partial charge in [-0.3, -0.25) is 19.7 Å². The van der Waals surface area contributed by atoms with Crippen molar-refractivity contribution in [2.75, 3.05) is 0 Å². The molecule has 3 aromatic rings. The summed E-state index contributed by atoms with van der Waals surface area (Å²) in [5, 5.41) is 3.22. The smallest absolute Gasteiger partial charge is 0.258 e. The first-order chi connectivity index (χ1) is 11.1. The van der Waals surface area contributed by atoms with Crippen molar-refractivity contribution in [3.63, 3.8) is 0 Å². The molecule has 2 N–H and O–H groups in total. The van der Waals surface area contributed by atoms with Crippen LogP contribution < -0.4 is 10.9 Å². The summed E-state index contributed by atoms with van der Waals surface area (Å²) in [6, 6.07) is 14.5. The van der Waals surface area contributed by atoms with Crippen LogP contribution in [0.1, 0.15) is 31.8 Å². The zero-order valence-corrected chi connectivity index (χ0v) is 12.1. The lowest BCUT2D eigenvalue weighted by Gasteiger charge is -2.05. The van der Waals surface area contributed by atoms with Crippen molar-refractivity contribution in [1.82, 2.24) is 10.3 Å². The lowest BCUT2D eigenvalue weighted by molar-refractivity contribution is 0.0879. The van der Waals surface area contributed by atoms with Gasteiger partial charge in [0.05, 0.1) is 11.1 Å². The topological polar surface area (TPSA) is 79.0 Å². The molecule has 0 atom stereocenters. The number of aromatic amines is 1. The van der Waals surface area contributed by atoms with Crippen molar-refractivity contribution in [1.29, 1.82) is 0 Å². The Balaban J connectivity index is 1.75. The number of hydrogen-bond acceptors (Lipinski definition) is 3. The summed E-state index contributed by atoms with van der Waals surface area (Å²) in [6.07, 6.45) is 0.398. The van der Waals surface area contributed by atoms with Gasteiger partial charge in [-0.1, -0.05) is 24.3 Å². The van der Waals surface area contributed by atoms with E-state index in [4.69, 9.17) is 0 Å². The van der Waals surface area contributed by atoms with Crippen LogP contribution in [0.25, 0.3) is 10.9 Å². The Morgan fingerprint density at radius 1 is 0.826 bits per heavy atom. The second kappa shape index (κ2) is 4.91. The molecule has 23 heavy (non-hydrogen) atoms. The predicted molar refractivity (Wildman–Crippen MR) is 85.6 cm³/mol. The number of nitrogens with one attached hydrogen (secondary N) is 2. The van der Waals surface area contributed by atoms with Crippen LogP contribution in [0.3, 0.4) is 0 Å². The first kappa shape index (κ1) is 13.5. The average molecular weight is 304 g/mol. The number of aromatic nitrogens is 1. The molecule has 4 rings (SSSR count). The first-order valence-corrected chi connectivity index (χ1v) is 7.21. The SMILES string of the molecule is O=C1NC(=O)c2cc(Cc3cc4ccccc4[nH]c3=O)ccc21. The highest BCUT2D eigenvalue weighted by molar-refractivity contribution is 6.21. The van der Waals surface area contributed by atoms with Gasteiger partial charge in [0, 0.05) is 17.5 Å². The molecular weight excluding hydrogens is 292 g/mol. The molecule has 1 aliphatic heterocycles. The summed E-state index contributed by atoms with van der Waals surface area (Å²) in [6.45, 7) is 0. The Labute approximate surface area is 131 Å². The van der Waals surface area contributed by atoms with Crippen molar-refractivity contribution < 1.29 is 9.59 Å². The fourth-order valence-corrected chi connectivity index (χ4v) is 2.87. The number of rotatable bonds is 2. The van der Waals surface area contributed by atoms with Crippen molar-refractivity contribution in [2.45, 2.75) is 6.42 Å². The molecule has 1 aliphatic rings. The Bertz CT molecular complexity index is 1030. The van der Waals surface area contributed by atoms with Crippen LogP contribution in [-0.4, -0.2) is 16.8 Å². The molecule has 0 bridgehead atoms. The Kier molecular flexibility index (Phi) is 2.87. The molecule has 0 saturated heterocycles. The summed E-state index contributed by atoms with van der Waals surface area (Å²) in [5.74, 6) is -0.764. The van der Waals surface area contributed by atoms with Crippen LogP contribution >= 0.6 is 0 Å². The van der Waals surface area contributed by atoms with Gasteiger partial charge in [-0.15, -0.1) is 0 Å². The minimum absolute atomic E-state index is 0.148. The van der Waals surface area contributed by atoms with Crippen LogP contribution in [0.5, 0.6) is 0 Å². The van der Waals surface area contributed by atoms with Gasteiger partial charge >= 0.3 is 0 Å². The van der Waals surface area contributed by atoms with Crippen LogP contribution in [0.4, 0.5) is 0 Å². The van der Waals surface area contributed by atoms with Crippen LogP contribution in [0, 0.1) is 0 Å². The lowest BCUT2D eigenvalue weighted by Crippen LogP contribution is -2.19. The number of fused-ring (bicyclic) bond motifs is 2. The van der Waals surface area contributed by atoms with Gasteiger partial charge in [0.2, 0.25) is 0 Å². The van der Waals surface area contributed by atoms with E-state index >= 15 is 0 Å². The molecule has 5 nitrogen and oxygen atoms in total. The van der Waals surface area contributed by atoms with Crippen LogP contribution in [0.2, 0.25) is 0 Å². The van der Waals surface area contributed by atoms with E-state index < -0.39 is 0 Å². The quantitative estimate of drug-likeness (QED) is 0.711. The van der Waals surface area contributed by atoms with E-state index in [0.29, 0.717) is 23.1 Å². The molecular formula is C18H12N2O3. The van der Waals surface area contributed by atoms with Crippen molar-refractivity contribution >= 4 is 22.7 Å². The zero-order valence-electron chi connectivity index (χ0n) is 12.1. The number of carbonyl (C=O) groups is 2. The average Bonchev–Trinajstić information content (AvgIpc) is 2.82. The molecule has 2 aromatic carbocycles. The van der Waals surface area contributed by atoms with Gasteiger partial charge in [-0.05, 0) is 35.2 Å². The van der Waals surface area contributed by atoms with E-state index in [0.717, 1.165) is 16.5 Å². The number of amides is 2. The first-order valence-electron chi connectivity index (χ1n) is 7.21. The highest BCUT2D eigenvalue weighted by Crippen LogP contribution is 2.19. The van der Waals surface area contributed by atoms with Crippen LogP contribution in [0.15, 0.2) is 53.3 Å². The Hall–Kier alpha value is -3.21. The molecule has 0 saturated carbocycles. The maximum Gasteiger partial charge on any atom is 0.258 e. The number of hydrogen-bond donors (Lipinski definition) is 2. The van der Waals surface area contributed by atoms with Gasteiger partial charge in [-0.2, -0.15) is 0 Å². The zero-order chi connectivity index (χ0) is 16.0. The molecule has 0 spiro atoms. The summed E-state index contributed by atoms with van der Waals surface area (Å²) in [7, 11) is 0. The molecule has 2 heterocycles. The van der Waals surface area contributed by atoms with Crippen molar-refractivity contribution in [2.24, 2.45) is 0 Å². The largest absolute Gasteiger partial charge is 0.322 e. The normalized spacial score (nSPS) is 13.2. The predicted octanol–water partition coefficient (Wildman–Crippen LogP) is 2.00. The van der Waals surface area contributed by atoms with Crippen molar-refractivity contribution in [3.05, 3.63) is 81.1 Å². The number of pyridine rings is 1. The van der Waals surface area contributed by atoms with Gasteiger partial charge in [0.25, 0.3) is 17.4 Å². The van der Waals surface area contributed by atoms with E-state index in [1.54, 1.807) is 18.2 Å². The molecule has 0 unspecified atom stereocenters. The summed E-state index contributed by atoms with van der Waals surface area (Å²) >= 11 is 0. The number of carbonyl (C=O) groups excluding carboxylic acids is 2. The minimum atomic E-state index is -0.390. The van der Waals surface area contributed by atoms with E-state index in [1.807, 2.05) is 30.3 Å². The molecule has 1 aromatic heterocycles. The fourth-order valence-electron chi connectivity index (χ4n) is 2.87. The third kappa shape index (κ3) is 2.23. The van der Waals surface area contributed by atoms with E-state index in [2.05, 4.69) is 10.3 Å². The Morgan fingerprint density at radius 2 is 1.61 bits per heavy atom. The molecule has 5 heteroatoms. The lowest BCUT2D eigenvalue weighted by atomic mass is 10.00. The van der Waals surface area contributed by atoms with E-state index in [9.17, 15) is 14.4 Å². The fraction of sp³-hybridized carbons (Fsp3) is 0.0556. The summed E-state index contributed by atoms with van der Waals surface area (Å²) in [4.78, 5) is 38.3. The highest BCUT2D eigenvalue weighted by atomic mass is 16.2. The van der Waals surface area contributed by atoms with E-state index in [1.165, 1.54) is 0 Å². The van der Waals surface area contributed by atoms with E-state index in [-0.39, 0.29) is 17.4 Å². The minimum Gasteiger partial charge on any atom is -0.322 e. The van der Waals surface area contributed by atoms with Gasteiger partial charge in [0.15, 0.2) is 0 Å². The number of H-pyrrole nitrogens is 1. The highest BCUT2D eigenvalue weighted by Gasteiger charge is 2.26. The third-order valence-electron chi connectivity index (χ3n) is 4.03. The monoisotopic (exact) mass is 304 g/mol. The molecule has 0 aliphatic carbocycles. The second-order valence-corrected chi connectivity index (χ2v) is 5.55. The maximum absolute atomic E-state index is 12.2. The van der Waals surface area contributed by atoms with Crippen molar-refractivity contribution in [3.8, 4) is 0 Å². The van der Waals surface area contributed by atoms with Gasteiger partial charge in [-0.25, -0.2) is 0 Å². The maximum atomic E-state index is 12.2. The van der Waals surface area contributed by atoms with Gasteiger partial charge < -0.3 is 4.98 Å². The number of benzene rings is 2. The second-order valence-electron chi connectivity index (χ2n) is 5.55.